The Morgan fingerprint density at radius 1 is 1.02 bits per heavy atom. The molecule has 1 aliphatic rings. The summed E-state index contributed by atoms with van der Waals surface area (Å²) in [5.74, 6) is -2.08. The zero-order chi connectivity index (χ0) is 31.7. The maximum Gasteiger partial charge on any atom is 0.416 e. The van der Waals surface area contributed by atoms with Gasteiger partial charge in [-0.15, -0.1) is 0 Å². The number of alkyl halides is 3. The maximum absolute atomic E-state index is 12.7. The third-order valence-electron chi connectivity index (χ3n) is 6.43. The molecule has 0 amide bonds. The van der Waals surface area contributed by atoms with E-state index in [-0.39, 0.29) is 34.2 Å². The number of aromatic nitrogens is 3. The average Bonchev–Trinajstić information content (AvgIpc) is 3.70. The van der Waals surface area contributed by atoms with Crippen LogP contribution in [0, 0.1) is 0 Å². The van der Waals surface area contributed by atoms with Gasteiger partial charge in [0.1, 0.15) is 5.56 Å². The first-order valence-electron chi connectivity index (χ1n) is 12.8. The van der Waals surface area contributed by atoms with Gasteiger partial charge in [-0.25, -0.2) is 32.2 Å². The summed E-state index contributed by atoms with van der Waals surface area (Å²) in [4.78, 5) is 26.3. The lowest BCUT2D eigenvalue weighted by atomic mass is 10.1. The van der Waals surface area contributed by atoms with Gasteiger partial charge in [0.15, 0.2) is 5.65 Å². The van der Waals surface area contributed by atoms with Crippen molar-refractivity contribution >= 4 is 27.6 Å². The molecule has 1 fully saturated rings. The molecule has 2 heterocycles. The minimum atomic E-state index is -4.41. The summed E-state index contributed by atoms with van der Waals surface area (Å²) in [6, 6.07) is 11.5. The number of aliphatic hydroxyl groups excluding tert-OH is 1. The summed E-state index contributed by atoms with van der Waals surface area (Å²) >= 11 is 0. The van der Waals surface area contributed by atoms with Gasteiger partial charge in [0, 0.05) is 17.2 Å². The Balaban J connectivity index is 0.000000209. The molecule has 0 atom stereocenters. The fourth-order valence-electron chi connectivity index (χ4n) is 4.04. The van der Waals surface area contributed by atoms with Crippen LogP contribution in [0.5, 0.6) is 0 Å². The Kier molecular flexibility index (Phi) is 8.63. The van der Waals surface area contributed by atoms with Gasteiger partial charge in [0.2, 0.25) is 10.0 Å². The van der Waals surface area contributed by atoms with Crippen LogP contribution in [-0.2, 0) is 16.2 Å². The van der Waals surface area contributed by atoms with Crippen molar-refractivity contribution in [2.75, 3.05) is 6.61 Å². The monoisotopic (exact) mass is 620 g/mol. The van der Waals surface area contributed by atoms with Crippen LogP contribution >= 0.6 is 0 Å². The smallest absolute Gasteiger partial charge is 0.416 e. The van der Waals surface area contributed by atoms with E-state index >= 15 is 0 Å². The number of carboxylic acids is 2. The van der Waals surface area contributed by atoms with E-state index in [0.717, 1.165) is 36.7 Å². The third kappa shape index (κ3) is 7.36. The normalized spacial score (nSPS) is 13.8. The Morgan fingerprint density at radius 3 is 2.21 bits per heavy atom. The fourth-order valence-corrected chi connectivity index (χ4v) is 5.49. The SMILES string of the molecule is CC(C)(CO)NS(=O)(=O)c1cccc(C(=O)O)c1.O=C(O)c1cnn2c(C3CC3)cc(-c3ccc(C(F)(F)F)cc3)nc12. The Hall–Kier alpha value is -4.34. The second-order valence-corrected chi connectivity index (χ2v) is 12.2. The Labute approximate surface area is 243 Å². The molecule has 1 aliphatic carbocycles. The van der Waals surface area contributed by atoms with E-state index in [1.54, 1.807) is 6.07 Å². The fraction of sp³-hybridized carbons (Fsp3) is 0.286. The highest BCUT2D eigenvalue weighted by molar-refractivity contribution is 7.89. The van der Waals surface area contributed by atoms with Crippen molar-refractivity contribution in [3.8, 4) is 11.3 Å². The predicted molar refractivity (Wildman–Crippen MR) is 147 cm³/mol. The molecule has 0 radical (unpaired) electrons. The Bertz CT molecular complexity index is 1780. The van der Waals surface area contributed by atoms with Gasteiger partial charge in [-0.2, -0.15) is 18.3 Å². The van der Waals surface area contributed by atoms with Crippen LogP contribution in [0.25, 0.3) is 16.9 Å². The van der Waals surface area contributed by atoms with Gasteiger partial charge in [0.25, 0.3) is 0 Å². The molecule has 0 saturated heterocycles. The average molecular weight is 621 g/mol. The van der Waals surface area contributed by atoms with Crippen LogP contribution in [0.15, 0.2) is 65.7 Å². The number of nitrogens with zero attached hydrogens (tertiary/aromatic N) is 3. The van der Waals surface area contributed by atoms with E-state index in [1.165, 1.54) is 54.9 Å². The molecule has 1 saturated carbocycles. The maximum atomic E-state index is 12.7. The van der Waals surface area contributed by atoms with Gasteiger partial charge in [-0.1, -0.05) is 18.2 Å². The van der Waals surface area contributed by atoms with Crippen molar-refractivity contribution in [3.05, 3.63) is 83.2 Å². The van der Waals surface area contributed by atoms with Crippen LogP contribution in [-0.4, -0.2) is 62.4 Å². The van der Waals surface area contributed by atoms with Crippen molar-refractivity contribution in [3.63, 3.8) is 0 Å². The molecule has 4 N–H and O–H groups in total. The van der Waals surface area contributed by atoms with Crippen LogP contribution in [0.2, 0.25) is 0 Å². The summed E-state index contributed by atoms with van der Waals surface area (Å²) in [7, 11) is -3.86. The van der Waals surface area contributed by atoms with E-state index in [0.29, 0.717) is 11.3 Å². The van der Waals surface area contributed by atoms with Crippen LogP contribution in [0.4, 0.5) is 13.2 Å². The van der Waals surface area contributed by atoms with E-state index in [9.17, 15) is 36.3 Å². The molecule has 2 aromatic carbocycles. The quantitative estimate of drug-likeness (QED) is 0.223. The molecule has 2 aromatic heterocycles. The molecule has 4 aromatic rings. The summed E-state index contributed by atoms with van der Waals surface area (Å²) in [6.45, 7) is 2.67. The zero-order valence-electron chi connectivity index (χ0n) is 22.8. The van der Waals surface area contributed by atoms with E-state index in [4.69, 9.17) is 10.2 Å². The van der Waals surface area contributed by atoms with Crippen molar-refractivity contribution in [1.82, 2.24) is 19.3 Å². The number of nitrogens with one attached hydrogen (secondary N) is 1. The lowest BCUT2D eigenvalue weighted by Crippen LogP contribution is -2.46. The number of carbonyl (C=O) groups is 2. The summed E-state index contributed by atoms with van der Waals surface area (Å²) in [5, 5.41) is 31.2. The molecule has 0 spiro atoms. The molecule has 0 bridgehead atoms. The number of hydrogen-bond donors (Lipinski definition) is 4. The highest BCUT2D eigenvalue weighted by Crippen LogP contribution is 2.41. The van der Waals surface area contributed by atoms with E-state index < -0.39 is 39.2 Å². The van der Waals surface area contributed by atoms with E-state index in [2.05, 4.69) is 14.8 Å². The lowest BCUT2D eigenvalue weighted by Gasteiger charge is -2.23. The molecule has 43 heavy (non-hydrogen) atoms. The van der Waals surface area contributed by atoms with Crippen LogP contribution in [0.3, 0.4) is 0 Å². The Morgan fingerprint density at radius 2 is 1.67 bits per heavy atom. The number of aliphatic hydroxyl groups is 1. The third-order valence-corrected chi connectivity index (χ3v) is 8.13. The summed E-state index contributed by atoms with van der Waals surface area (Å²) in [5.41, 5.74) is 0.0591. The minimum Gasteiger partial charge on any atom is -0.478 e. The highest BCUT2D eigenvalue weighted by Gasteiger charge is 2.31. The predicted octanol–water partition coefficient (Wildman–Crippen LogP) is 4.42. The summed E-state index contributed by atoms with van der Waals surface area (Å²) in [6.07, 6.45) is -1.23. The van der Waals surface area contributed by atoms with Crippen molar-refractivity contribution in [1.29, 1.82) is 0 Å². The van der Waals surface area contributed by atoms with Crippen molar-refractivity contribution in [2.24, 2.45) is 0 Å². The molecular weight excluding hydrogens is 593 g/mol. The zero-order valence-corrected chi connectivity index (χ0v) is 23.6. The van der Waals surface area contributed by atoms with Gasteiger partial charge in [-0.05, 0) is 63.1 Å². The van der Waals surface area contributed by atoms with Crippen molar-refractivity contribution in [2.45, 2.75) is 49.2 Å². The van der Waals surface area contributed by atoms with Gasteiger partial charge in [0.05, 0.1) is 40.1 Å². The molecule has 15 heteroatoms. The molecule has 0 unspecified atom stereocenters. The molecule has 0 aliphatic heterocycles. The van der Waals surface area contributed by atoms with Gasteiger partial charge < -0.3 is 15.3 Å². The molecule has 228 valence electrons. The number of carboxylic acid groups (broad SMARTS) is 2. The van der Waals surface area contributed by atoms with Crippen molar-refractivity contribution < 1.29 is 46.5 Å². The van der Waals surface area contributed by atoms with Crippen LogP contribution in [0.1, 0.15) is 64.6 Å². The molecular formula is C28H27F3N4O7S. The van der Waals surface area contributed by atoms with Crippen LogP contribution < -0.4 is 4.72 Å². The molecule has 5 rings (SSSR count). The minimum absolute atomic E-state index is 0.0318. The number of hydrogen-bond acceptors (Lipinski definition) is 7. The van der Waals surface area contributed by atoms with E-state index in [1.807, 2.05) is 0 Å². The summed E-state index contributed by atoms with van der Waals surface area (Å²) < 4.78 is 65.9. The number of halogens is 3. The number of sulfonamides is 1. The lowest BCUT2D eigenvalue weighted by molar-refractivity contribution is -0.137. The molecule has 11 nitrogen and oxygen atoms in total. The topological polar surface area (TPSA) is 171 Å². The second-order valence-electron chi connectivity index (χ2n) is 10.5. The number of fused-ring (bicyclic) bond motifs is 1. The van der Waals surface area contributed by atoms with Gasteiger partial charge >= 0.3 is 18.1 Å². The number of benzene rings is 2. The van der Waals surface area contributed by atoms with Gasteiger partial charge in [-0.3, -0.25) is 0 Å². The number of rotatable bonds is 8. The first-order chi connectivity index (χ1) is 20.0. The second kappa shape index (κ2) is 11.7. The first kappa shape index (κ1) is 31.6. The largest absolute Gasteiger partial charge is 0.478 e. The number of aromatic carboxylic acids is 2. The first-order valence-corrected chi connectivity index (χ1v) is 14.3. The highest BCUT2D eigenvalue weighted by atomic mass is 32.2. The standard InChI is InChI=1S/C17H12F3N3O2.C11H15NO5S/c18-17(19,20)11-5-3-9(4-6-11)13-7-14(10-1-2-10)23-15(22-13)12(8-21-23)16(24)25;1-11(2,7-13)12-18(16,17)9-5-3-4-8(6-9)10(14)15/h3-8,10H,1-2H2,(H,24,25);3-6,12-13H,7H2,1-2H3,(H,14,15).